The smallest absolute Gasteiger partial charge is 0.255 e. The summed E-state index contributed by atoms with van der Waals surface area (Å²) in [5, 5.41) is 4.01. The topological polar surface area (TPSA) is 51.1 Å². The Morgan fingerprint density at radius 2 is 1.71 bits per heavy atom. The van der Waals surface area contributed by atoms with Gasteiger partial charge in [-0.2, -0.15) is 0 Å². The fourth-order valence-corrected chi connectivity index (χ4v) is 2.77. The summed E-state index contributed by atoms with van der Waals surface area (Å²) in [6.45, 7) is 4.64. The molecule has 3 aromatic rings. The minimum Gasteiger partial charge on any atom is -0.347 e. The summed E-state index contributed by atoms with van der Waals surface area (Å²) in [5.41, 5.74) is 3.06. The van der Waals surface area contributed by atoms with Crippen LogP contribution in [0.15, 0.2) is 54.7 Å². The van der Waals surface area contributed by atoms with E-state index in [4.69, 9.17) is 0 Å². The van der Waals surface area contributed by atoms with E-state index < -0.39 is 0 Å². The van der Waals surface area contributed by atoms with Crippen LogP contribution in [0.5, 0.6) is 0 Å². The molecule has 0 aliphatic heterocycles. The van der Waals surface area contributed by atoms with Crippen LogP contribution in [0.2, 0.25) is 0 Å². The van der Waals surface area contributed by atoms with Crippen molar-refractivity contribution in [3.8, 4) is 0 Å². The Labute approximate surface area is 141 Å². The Kier molecular flexibility index (Phi) is 4.47. The number of anilines is 1. The molecule has 0 aliphatic rings. The number of fused-ring (bicyclic) bond motifs is 1. The van der Waals surface area contributed by atoms with Crippen LogP contribution in [0.1, 0.15) is 41.0 Å². The molecule has 2 aromatic carbocycles. The van der Waals surface area contributed by atoms with Crippen LogP contribution in [-0.4, -0.2) is 16.3 Å². The van der Waals surface area contributed by atoms with Gasteiger partial charge in [-0.25, -0.2) is 0 Å². The summed E-state index contributed by atoms with van der Waals surface area (Å²) in [6, 6.07) is 14.7. The molecule has 4 nitrogen and oxygen atoms in total. The zero-order chi connectivity index (χ0) is 17.1. The van der Waals surface area contributed by atoms with Crippen molar-refractivity contribution in [3.63, 3.8) is 0 Å². The number of ketones is 1. The van der Waals surface area contributed by atoms with E-state index in [1.165, 1.54) is 12.4 Å². The molecule has 1 heterocycles. The Morgan fingerprint density at radius 3 is 2.38 bits per heavy atom. The summed E-state index contributed by atoms with van der Waals surface area (Å²) < 4.78 is 2.21. The number of Topliss-reactive ketones (excluding diaryl/α,β-unsaturated/α-hetero) is 1. The van der Waals surface area contributed by atoms with Crippen LogP contribution in [0, 0.1) is 0 Å². The predicted molar refractivity (Wildman–Crippen MR) is 96.6 cm³/mol. The third-order valence-electron chi connectivity index (χ3n) is 4.05. The minimum absolute atomic E-state index is 0.0102. The maximum atomic E-state index is 12.3. The molecule has 0 spiro atoms. The van der Waals surface area contributed by atoms with E-state index in [1.807, 2.05) is 18.2 Å². The lowest BCUT2D eigenvalue weighted by molar-refractivity contribution is 0.101. The highest BCUT2D eigenvalue weighted by molar-refractivity contribution is 6.05. The highest BCUT2D eigenvalue weighted by atomic mass is 16.1. The zero-order valence-electron chi connectivity index (χ0n) is 13.9. The van der Waals surface area contributed by atoms with Crippen LogP contribution in [0.3, 0.4) is 0 Å². The van der Waals surface area contributed by atoms with Gasteiger partial charge >= 0.3 is 0 Å². The van der Waals surface area contributed by atoms with Crippen LogP contribution in [0.4, 0.5) is 5.69 Å². The maximum absolute atomic E-state index is 12.3. The molecule has 0 saturated heterocycles. The lowest BCUT2D eigenvalue weighted by Crippen LogP contribution is -2.12. The molecule has 0 aliphatic carbocycles. The van der Waals surface area contributed by atoms with E-state index in [0.717, 1.165) is 24.0 Å². The molecule has 0 fully saturated rings. The van der Waals surface area contributed by atoms with Crippen molar-refractivity contribution < 1.29 is 9.59 Å². The van der Waals surface area contributed by atoms with Gasteiger partial charge in [0.05, 0.1) is 0 Å². The highest BCUT2D eigenvalue weighted by Gasteiger charge is 2.08. The van der Waals surface area contributed by atoms with Crippen molar-refractivity contribution in [2.24, 2.45) is 0 Å². The van der Waals surface area contributed by atoms with Crippen LogP contribution in [-0.2, 0) is 6.54 Å². The average Bonchev–Trinajstić information content (AvgIpc) is 2.97. The van der Waals surface area contributed by atoms with Crippen molar-refractivity contribution in [3.05, 3.63) is 65.9 Å². The summed E-state index contributed by atoms with van der Waals surface area (Å²) in [5.74, 6) is -0.193. The number of aromatic nitrogens is 1. The van der Waals surface area contributed by atoms with Gasteiger partial charge in [-0.1, -0.05) is 19.1 Å². The number of nitrogens with zero attached hydrogens (tertiary/aromatic N) is 1. The molecule has 4 heteroatoms. The van der Waals surface area contributed by atoms with E-state index >= 15 is 0 Å². The summed E-state index contributed by atoms with van der Waals surface area (Å²) >= 11 is 0. The lowest BCUT2D eigenvalue weighted by Gasteiger charge is -2.07. The number of benzene rings is 2. The fourth-order valence-electron chi connectivity index (χ4n) is 2.77. The van der Waals surface area contributed by atoms with Gasteiger partial charge in [0, 0.05) is 40.5 Å². The fraction of sp³-hybridized carbons (Fsp3) is 0.200. The Hall–Kier alpha value is -2.88. The Balaban J connectivity index is 1.78. The molecule has 0 bridgehead atoms. The summed E-state index contributed by atoms with van der Waals surface area (Å²) in [6.07, 6.45) is 3.15. The molecule has 122 valence electrons. The third-order valence-corrected chi connectivity index (χ3v) is 4.05. The number of hydrogen-bond acceptors (Lipinski definition) is 2. The number of carbonyl (C=O) groups is 2. The second-order valence-corrected chi connectivity index (χ2v) is 5.87. The lowest BCUT2D eigenvalue weighted by atomic mass is 10.1. The van der Waals surface area contributed by atoms with Gasteiger partial charge in [0.1, 0.15) is 0 Å². The van der Waals surface area contributed by atoms with Crippen molar-refractivity contribution in [2.75, 3.05) is 5.32 Å². The van der Waals surface area contributed by atoms with Crippen LogP contribution < -0.4 is 5.32 Å². The molecule has 1 N–H and O–H groups in total. The molecule has 24 heavy (non-hydrogen) atoms. The average molecular weight is 320 g/mol. The van der Waals surface area contributed by atoms with E-state index in [1.54, 1.807) is 24.3 Å². The van der Waals surface area contributed by atoms with Crippen LogP contribution in [0.25, 0.3) is 10.9 Å². The second kappa shape index (κ2) is 6.71. The quantitative estimate of drug-likeness (QED) is 0.703. The van der Waals surface area contributed by atoms with Gasteiger partial charge in [-0.3, -0.25) is 9.59 Å². The van der Waals surface area contributed by atoms with E-state index in [-0.39, 0.29) is 11.7 Å². The van der Waals surface area contributed by atoms with E-state index in [9.17, 15) is 9.59 Å². The first-order chi connectivity index (χ1) is 11.6. The zero-order valence-corrected chi connectivity index (χ0v) is 13.9. The first kappa shape index (κ1) is 16.0. The van der Waals surface area contributed by atoms with Crippen molar-refractivity contribution >= 4 is 28.3 Å². The molecule has 3 rings (SSSR count). The molecular weight excluding hydrogens is 300 g/mol. The molecule has 1 amide bonds. The monoisotopic (exact) mass is 320 g/mol. The number of hydrogen-bond donors (Lipinski definition) is 1. The van der Waals surface area contributed by atoms with Gasteiger partial charge in [-0.05, 0) is 49.7 Å². The summed E-state index contributed by atoms with van der Waals surface area (Å²) in [7, 11) is 0. The van der Waals surface area contributed by atoms with Crippen molar-refractivity contribution in [2.45, 2.75) is 26.8 Å². The first-order valence-corrected chi connectivity index (χ1v) is 8.09. The van der Waals surface area contributed by atoms with Gasteiger partial charge < -0.3 is 9.88 Å². The van der Waals surface area contributed by atoms with Crippen molar-refractivity contribution in [1.82, 2.24) is 4.57 Å². The Bertz CT molecular complexity index is 892. The number of amides is 1. The molecule has 0 saturated carbocycles. The molecular formula is C20H20N2O2. The second-order valence-electron chi connectivity index (χ2n) is 5.87. The van der Waals surface area contributed by atoms with E-state index in [0.29, 0.717) is 11.1 Å². The third kappa shape index (κ3) is 3.23. The Morgan fingerprint density at radius 1 is 1.00 bits per heavy atom. The maximum Gasteiger partial charge on any atom is 0.255 e. The number of aryl methyl sites for hydroxylation is 1. The molecule has 0 radical (unpaired) electrons. The summed E-state index contributed by atoms with van der Waals surface area (Å²) in [4.78, 5) is 23.6. The van der Waals surface area contributed by atoms with E-state index in [2.05, 4.69) is 29.1 Å². The normalized spacial score (nSPS) is 10.8. The SMILES string of the molecule is CCCn1ccc2cc(NC(=O)c3ccc(C(C)=O)cc3)ccc21. The number of rotatable bonds is 5. The van der Waals surface area contributed by atoms with Gasteiger partial charge in [-0.15, -0.1) is 0 Å². The van der Waals surface area contributed by atoms with Gasteiger partial charge in [0.2, 0.25) is 0 Å². The molecule has 0 unspecified atom stereocenters. The first-order valence-electron chi connectivity index (χ1n) is 8.09. The molecule has 0 atom stereocenters. The number of carbonyl (C=O) groups excluding carboxylic acids is 2. The minimum atomic E-state index is -0.183. The number of nitrogens with one attached hydrogen (secondary N) is 1. The van der Waals surface area contributed by atoms with Crippen LogP contribution >= 0.6 is 0 Å². The van der Waals surface area contributed by atoms with Gasteiger partial charge in [0.25, 0.3) is 5.91 Å². The van der Waals surface area contributed by atoms with Crippen molar-refractivity contribution in [1.29, 1.82) is 0 Å². The van der Waals surface area contributed by atoms with Gasteiger partial charge in [0.15, 0.2) is 5.78 Å². The largest absolute Gasteiger partial charge is 0.347 e. The molecule has 1 aromatic heterocycles. The standard InChI is InChI=1S/C20H20N2O2/c1-3-11-22-12-10-17-13-18(8-9-19(17)22)21-20(24)16-6-4-15(5-7-16)14(2)23/h4-10,12-13H,3,11H2,1-2H3,(H,21,24). The predicted octanol–water partition coefficient (Wildman–Crippen LogP) is 4.51. The highest BCUT2D eigenvalue weighted by Crippen LogP contribution is 2.21.